The molecule has 0 radical (unpaired) electrons. The average molecular weight is 651 g/mol. The van der Waals surface area contributed by atoms with Gasteiger partial charge in [-0.1, -0.05) is 153 Å². The first-order valence-electron chi connectivity index (χ1n) is 17.9. The van der Waals surface area contributed by atoms with Gasteiger partial charge in [-0.15, -0.1) is 0 Å². The predicted molar refractivity (Wildman–Crippen MR) is 210 cm³/mol. The Morgan fingerprint density at radius 3 is 1.92 bits per heavy atom. The van der Waals surface area contributed by atoms with Crippen LogP contribution in [0, 0.1) is 0 Å². The Hall–Kier alpha value is -6.25. The van der Waals surface area contributed by atoms with Crippen molar-refractivity contribution in [3.05, 3.63) is 203 Å². The summed E-state index contributed by atoms with van der Waals surface area (Å²) in [5.74, 6) is 0.945. The maximum atomic E-state index is 5.13. The summed E-state index contributed by atoms with van der Waals surface area (Å²) in [6, 6.07) is 60.8. The molecule has 0 saturated carbocycles. The van der Waals surface area contributed by atoms with Gasteiger partial charge < -0.3 is 0 Å². The molecule has 1 atom stereocenters. The zero-order valence-corrected chi connectivity index (χ0v) is 28.6. The molecule has 51 heavy (non-hydrogen) atoms. The van der Waals surface area contributed by atoms with Crippen molar-refractivity contribution in [2.75, 3.05) is 4.90 Å². The molecule has 0 N–H and O–H groups in total. The van der Waals surface area contributed by atoms with Gasteiger partial charge in [0.1, 0.15) is 5.82 Å². The summed E-state index contributed by atoms with van der Waals surface area (Å²) >= 11 is 0. The molecule has 11 rings (SSSR count). The van der Waals surface area contributed by atoms with Gasteiger partial charge in [-0.3, -0.25) is 4.90 Å². The van der Waals surface area contributed by atoms with E-state index in [1.54, 1.807) is 0 Å². The molecular weight excluding hydrogens is 617 g/mol. The molecule has 1 spiro atoms. The predicted octanol–water partition coefficient (Wildman–Crippen LogP) is 12.4. The smallest absolute Gasteiger partial charge is 0.145 e. The number of aromatic nitrogens is 1. The monoisotopic (exact) mass is 650 g/mol. The van der Waals surface area contributed by atoms with E-state index in [2.05, 4.69) is 183 Å². The summed E-state index contributed by atoms with van der Waals surface area (Å²) in [5.41, 5.74) is 17.5. The summed E-state index contributed by atoms with van der Waals surface area (Å²) in [4.78, 5) is 7.54. The van der Waals surface area contributed by atoms with Crippen molar-refractivity contribution in [3.63, 3.8) is 0 Å². The topological polar surface area (TPSA) is 16.1 Å². The summed E-state index contributed by atoms with van der Waals surface area (Å²) in [6.07, 6.45) is 1.95. The van der Waals surface area contributed by atoms with Crippen LogP contribution in [0.3, 0.4) is 0 Å². The maximum Gasteiger partial charge on any atom is 0.145 e. The second kappa shape index (κ2) is 10.2. The summed E-state index contributed by atoms with van der Waals surface area (Å²) in [6.45, 7) is 4.76. The lowest BCUT2D eigenvalue weighted by atomic mass is 9.64. The van der Waals surface area contributed by atoms with Crippen LogP contribution < -0.4 is 4.90 Å². The van der Waals surface area contributed by atoms with Crippen molar-refractivity contribution >= 4 is 28.0 Å². The van der Waals surface area contributed by atoms with Gasteiger partial charge in [0, 0.05) is 17.0 Å². The van der Waals surface area contributed by atoms with Crippen LogP contribution >= 0.6 is 0 Å². The van der Waals surface area contributed by atoms with E-state index in [-0.39, 0.29) is 5.41 Å². The maximum absolute atomic E-state index is 5.13. The highest BCUT2D eigenvalue weighted by atomic mass is 15.2. The average Bonchev–Trinajstić information content (AvgIpc) is 3.61. The standard InChI is InChI=1S/C49H34N2/c1-48(2)37-20-10-8-18-35(37)45-40(48)25-26-41-46(45)36-19-9-11-21-38(36)49(41)39-22-12-13-23-43(39)51(47-34-17-7-6-16-32(34)28-29-50-47)44-27-24-33(30-42(44)49)31-14-4-3-5-15-31/h3-30H,1-2H3. The first kappa shape index (κ1) is 28.6. The third kappa shape index (κ3) is 3.59. The van der Waals surface area contributed by atoms with E-state index in [0.29, 0.717) is 0 Å². The van der Waals surface area contributed by atoms with Gasteiger partial charge in [0.2, 0.25) is 0 Å². The third-order valence-electron chi connectivity index (χ3n) is 11.9. The molecule has 2 aliphatic carbocycles. The number of rotatable bonds is 2. The summed E-state index contributed by atoms with van der Waals surface area (Å²) in [7, 11) is 0. The zero-order valence-electron chi connectivity index (χ0n) is 28.6. The highest BCUT2D eigenvalue weighted by molar-refractivity contribution is 6.05. The number of hydrogen-bond donors (Lipinski definition) is 0. The SMILES string of the molecule is CC1(C)c2ccccc2-c2c1ccc1c2-c2ccccc2C12c1ccccc1N(c1nccc3ccccc13)c1ccc(-c3ccccc3)cc12. The third-order valence-corrected chi connectivity index (χ3v) is 11.9. The largest absolute Gasteiger partial charge is 0.294 e. The van der Waals surface area contributed by atoms with Gasteiger partial charge in [0.15, 0.2) is 0 Å². The Bertz CT molecular complexity index is 2730. The van der Waals surface area contributed by atoms with Crippen molar-refractivity contribution in [2.45, 2.75) is 24.7 Å². The molecule has 8 aromatic rings. The molecule has 1 aromatic heterocycles. The lowest BCUT2D eigenvalue weighted by Crippen LogP contribution is -2.36. The molecule has 3 aliphatic rings. The van der Waals surface area contributed by atoms with E-state index in [9.17, 15) is 0 Å². The number of anilines is 3. The van der Waals surface area contributed by atoms with E-state index < -0.39 is 5.41 Å². The highest BCUT2D eigenvalue weighted by Crippen LogP contribution is 2.67. The molecule has 2 heteroatoms. The van der Waals surface area contributed by atoms with Crippen molar-refractivity contribution in [3.8, 4) is 33.4 Å². The highest BCUT2D eigenvalue weighted by Gasteiger charge is 2.54. The van der Waals surface area contributed by atoms with Crippen molar-refractivity contribution in [1.82, 2.24) is 4.98 Å². The minimum atomic E-state index is -0.555. The minimum absolute atomic E-state index is 0.0919. The summed E-state index contributed by atoms with van der Waals surface area (Å²) < 4.78 is 0. The molecule has 0 bridgehead atoms. The lowest BCUT2D eigenvalue weighted by molar-refractivity contribution is 0.659. The molecule has 1 aliphatic heterocycles. The number of hydrogen-bond acceptors (Lipinski definition) is 2. The zero-order chi connectivity index (χ0) is 33.9. The van der Waals surface area contributed by atoms with Gasteiger partial charge in [-0.2, -0.15) is 0 Å². The van der Waals surface area contributed by atoms with E-state index in [1.165, 1.54) is 72.1 Å². The van der Waals surface area contributed by atoms with E-state index in [0.717, 1.165) is 22.6 Å². The number of nitrogens with zero attached hydrogens (tertiary/aromatic N) is 2. The Morgan fingerprint density at radius 2 is 1.08 bits per heavy atom. The van der Waals surface area contributed by atoms with Crippen molar-refractivity contribution in [1.29, 1.82) is 0 Å². The van der Waals surface area contributed by atoms with Gasteiger partial charge >= 0.3 is 0 Å². The molecule has 2 nitrogen and oxygen atoms in total. The van der Waals surface area contributed by atoms with Crippen LogP contribution in [0.4, 0.5) is 17.2 Å². The van der Waals surface area contributed by atoms with E-state index in [4.69, 9.17) is 4.98 Å². The Balaban J connectivity index is 1.31. The first-order chi connectivity index (χ1) is 25.1. The Morgan fingerprint density at radius 1 is 0.451 bits per heavy atom. The van der Waals surface area contributed by atoms with Crippen LogP contribution in [0.1, 0.15) is 47.2 Å². The van der Waals surface area contributed by atoms with Crippen LogP contribution in [0.15, 0.2) is 170 Å². The lowest BCUT2D eigenvalue weighted by Gasteiger charge is -2.45. The Kier molecular flexibility index (Phi) is 5.69. The van der Waals surface area contributed by atoms with Gasteiger partial charge in [-0.25, -0.2) is 4.98 Å². The number of fused-ring (bicyclic) bond motifs is 14. The fraction of sp³-hybridized carbons (Fsp3) is 0.0816. The van der Waals surface area contributed by atoms with E-state index >= 15 is 0 Å². The van der Waals surface area contributed by atoms with Gasteiger partial charge in [0.25, 0.3) is 0 Å². The fourth-order valence-electron chi connectivity index (χ4n) is 9.75. The quantitative estimate of drug-likeness (QED) is 0.185. The minimum Gasteiger partial charge on any atom is -0.294 e. The van der Waals surface area contributed by atoms with Crippen LogP contribution in [0.5, 0.6) is 0 Å². The first-order valence-corrected chi connectivity index (χ1v) is 17.9. The molecule has 7 aromatic carbocycles. The number of para-hydroxylation sites is 1. The molecular formula is C49H34N2. The Labute approximate surface area is 298 Å². The number of pyridine rings is 1. The second-order valence-electron chi connectivity index (χ2n) is 14.7. The van der Waals surface area contributed by atoms with Crippen molar-refractivity contribution < 1.29 is 0 Å². The van der Waals surface area contributed by atoms with Crippen LogP contribution in [0.2, 0.25) is 0 Å². The molecule has 2 heterocycles. The van der Waals surface area contributed by atoms with Gasteiger partial charge in [-0.05, 0) is 96.4 Å². The molecule has 0 fully saturated rings. The van der Waals surface area contributed by atoms with Crippen molar-refractivity contribution in [2.24, 2.45) is 0 Å². The second-order valence-corrected chi connectivity index (χ2v) is 14.7. The normalized spacial score (nSPS) is 17.0. The number of benzene rings is 7. The van der Waals surface area contributed by atoms with E-state index in [1.807, 2.05) is 6.20 Å². The van der Waals surface area contributed by atoms with Crippen LogP contribution in [-0.2, 0) is 10.8 Å². The fourth-order valence-corrected chi connectivity index (χ4v) is 9.75. The van der Waals surface area contributed by atoms with Gasteiger partial charge in [0.05, 0.1) is 16.8 Å². The molecule has 0 saturated heterocycles. The summed E-state index contributed by atoms with van der Waals surface area (Å²) in [5, 5.41) is 2.31. The molecule has 1 unspecified atom stereocenters. The van der Waals surface area contributed by atoms with Crippen LogP contribution in [0.25, 0.3) is 44.2 Å². The molecule has 0 amide bonds. The molecule has 240 valence electrons. The van der Waals surface area contributed by atoms with Crippen LogP contribution in [-0.4, -0.2) is 4.98 Å².